The normalized spacial score (nSPS) is 14.9. The Morgan fingerprint density at radius 2 is 1.89 bits per heavy atom. The smallest absolute Gasteiger partial charge is 0.202 e. The highest BCUT2D eigenvalue weighted by Crippen LogP contribution is 2.35. The van der Waals surface area contributed by atoms with E-state index in [0.29, 0.717) is 0 Å². The number of rotatable bonds is 5. The minimum atomic E-state index is 0.819. The number of aromatic nitrogens is 5. The predicted molar refractivity (Wildman–Crippen MR) is 112 cm³/mol. The van der Waals surface area contributed by atoms with Crippen LogP contribution in [0.2, 0.25) is 0 Å². The van der Waals surface area contributed by atoms with Gasteiger partial charge in [-0.15, -0.1) is 21.5 Å². The molecule has 0 amide bonds. The SMILES string of the molecule is Cc1cc2c(Sc3nnc(CN4CCCC4)n3-c3ccccc3)ncnc2s1. The van der Waals surface area contributed by atoms with E-state index in [4.69, 9.17) is 0 Å². The molecule has 0 saturated carbocycles. The van der Waals surface area contributed by atoms with Gasteiger partial charge in [0.2, 0.25) is 5.16 Å². The van der Waals surface area contributed by atoms with Crippen LogP contribution in [0.5, 0.6) is 0 Å². The summed E-state index contributed by atoms with van der Waals surface area (Å²) in [5, 5.41) is 11.9. The van der Waals surface area contributed by atoms with Gasteiger partial charge in [-0.25, -0.2) is 9.97 Å². The Balaban J connectivity index is 1.55. The number of benzene rings is 1. The van der Waals surface area contributed by atoms with Gasteiger partial charge in [-0.05, 0) is 62.8 Å². The first kappa shape index (κ1) is 17.8. The molecule has 1 aliphatic heterocycles. The Morgan fingerprint density at radius 1 is 1.07 bits per heavy atom. The van der Waals surface area contributed by atoms with Gasteiger partial charge in [0.25, 0.3) is 0 Å². The van der Waals surface area contributed by atoms with E-state index in [0.717, 1.165) is 51.5 Å². The molecule has 0 spiro atoms. The van der Waals surface area contributed by atoms with Crippen LogP contribution in [0.25, 0.3) is 15.9 Å². The molecule has 28 heavy (non-hydrogen) atoms. The van der Waals surface area contributed by atoms with Crippen molar-refractivity contribution < 1.29 is 0 Å². The number of nitrogens with zero attached hydrogens (tertiary/aromatic N) is 6. The molecule has 0 unspecified atom stereocenters. The molecule has 3 aromatic heterocycles. The maximum absolute atomic E-state index is 4.55. The Morgan fingerprint density at radius 3 is 2.71 bits per heavy atom. The maximum atomic E-state index is 4.55. The quantitative estimate of drug-likeness (QED) is 0.458. The van der Waals surface area contributed by atoms with Gasteiger partial charge in [-0.1, -0.05) is 18.2 Å². The Kier molecular flexibility index (Phi) is 4.84. The number of hydrogen-bond donors (Lipinski definition) is 0. The third kappa shape index (κ3) is 3.43. The van der Waals surface area contributed by atoms with Crippen molar-refractivity contribution >= 4 is 33.3 Å². The van der Waals surface area contributed by atoms with Gasteiger partial charge < -0.3 is 0 Å². The lowest BCUT2D eigenvalue weighted by atomic mass is 10.3. The minimum absolute atomic E-state index is 0.819. The fraction of sp³-hybridized carbons (Fsp3) is 0.300. The summed E-state index contributed by atoms with van der Waals surface area (Å²) in [6.45, 7) is 5.18. The van der Waals surface area contributed by atoms with Crippen LogP contribution in [-0.2, 0) is 6.54 Å². The summed E-state index contributed by atoms with van der Waals surface area (Å²) >= 11 is 3.25. The lowest BCUT2D eigenvalue weighted by Crippen LogP contribution is -2.21. The number of thiophene rings is 1. The van der Waals surface area contributed by atoms with Crippen molar-refractivity contribution in [3.8, 4) is 5.69 Å². The standard InChI is InChI=1S/C20H20N6S2/c1-14-11-16-18(27-14)21-13-22-19(16)28-20-24-23-17(12-25-9-5-6-10-25)26(20)15-7-3-2-4-8-15/h2-4,7-8,11,13H,5-6,9-10,12H2,1H3. The predicted octanol–water partition coefficient (Wildman–Crippen LogP) is 4.33. The van der Waals surface area contributed by atoms with Gasteiger partial charge in [0.1, 0.15) is 16.2 Å². The monoisotopic (exact) mass is 408 g/mol. The summed E-state index contributed by atoms with van der Waals surface area (Å²) < 4.78 is 2.16. The van der Waals surface area contributed by atoms with E-state index in [1.165, 1.54) is 17.7 Å². The zero-order valence-corrected chi connectivity index (χ0v) is 17.2. The Labute approximate surface area is 171 Å². The molecular formula is C20H20N6S2. The van der Waals surface area contributed by atoms with Gasteiger partial charge in [-0.2, -0.15) is 0 Å². The van der Waals surface area contributed by atoms with Crippen molar-refractivity contribution in [1.82, 2.24) is 29.6 Å². The first-order chi connectivity index (χ1) is 13.8. The fourth-order valence-electron chi connectivity index (χ4n) is 3.57. The lowest BCUT2D eigenvalue weighted by Gasteiger charge is -2.15. The van der Waals surface area contributed by atoms with Gasteiger partial charge in [0.05, 0.1) is 6.54 Å². The summed E-state index contributed by atoms with van der Waals surface area (Å²) in [7, 11) is 0. The fourth-order valence-corrected chi connectivity index (χ4v) is 5.40. The molecule has 1 aliphatic rings. The summed E-state index contributed by atoms with van der Waals surface area (Å²) in [6, 6.07) is 12.5. The molecule has 0 atom stereocenters. The third-order valence-electron chi connectivity index (χ3n) is 4.88. The van der Waals surface area contributed by atoms with Gasteiger partial charge in [-0.3, -0.25) is 9.47 Å². The largest absolute Gasteiger partial charge is 0.296 e. The average molecular weight is 409 g/mol. The molecule has 142 valence electrons. The van der Waals surface area contributed by atoms with Crippen LogP contribution < -0.4 is 0 Å². The minimum Gasteiger partial charge on any atom is -0.296 e. The van der Waals surface area contributed by atoms with Crippen LogP contribution in [0.3, 0.4) is 0 Å². The Hall–Kier alpha value is -2.29. The van der Waals surface area contributed by atoms with E-state index in [1.54, 1.807) is 29.4 Å². The van der Waals surface area contributed by atoms with Crippen molar-refractivity contribution in [2.24, 2.45) is 0 Å². The highest BCUT2D eigenvalue weighted by molar-refractivity contribution is 7.99. The Bertz CT molecular complexity index is 1100. The van der Waals surface area contributed by atoms with Crippen LogP contribution in [0.1, 0.15) is 23.5 Å². The molecule has 4 heterocycles. The number of hydrogen-bond acceptors (Lipinski definition) is 7. The summed E-state index contributed by atoms with van der Waals surface area (Å²) in [5.74, 6) is 0.974. The second-order valence-corrected chi connectivity index (χ2v) is 9.10. The van der Waals surface area contributed by atoms with Crippen LogP contribution >= 0.6 is 23.1 Å². The zero-order valence-electron chi connectivity index (χ0n) is 15.6. The maximum Gasteiger partial charge on any atom is 0.202 e. The number of aryl methyl sites for hydroxylation is 1. The van der Waals surface area contributed by atoms with Crippen LogP contribution in [-0.4, -0.2) is 42.7 Å². The van der Waals surface area contributed by atoms with Crippen LogP contribution in [0.15, 0.2) is 52.9 Å². The number of likely N-dealkylation sites (tertiary alicyclic amines) is 1. The summed E-state index contributed by atoms with van der Waals surface area (Å²) in [6.07, 6.45) is 4.16. The molecule has 1 fully saturated rings. The molecule has 4 aromatic rings. The van der Waals surface area contributed by atoms with E-state index in [2.05, 4.69) is 66.9 Å². The first-order valence-corrected chi connectivity index (χ1v) is 11.0. The van der Waals surface area contributed by atoms with E-state index in [9.17, 15) is 0 Å². The average Bonchev–Trinajstić information content (AvgIpc) is 3.43. The topological polar surface area (TPSA) is 59.7 Å². The molecule has 6 nitrogen and oxygen atoms in total. The molecule has 1 aromatic carbocycles. The molecule has 1 saturated heterocycles. The van der Waals surface area contributed by atoms with Crippen molar-refractivity contribution in [2.45, 2.75) is 36.5 Å². The highest BCUT2D eigenvalue weighted by Gasteiger charge is 2.21. The second kappa shape index (κ2) is 7.62. The molecular weight excluding hydrogens is 388 g/mol. The molecule has 0 bridgehead atoms. The second-order valence-electron chi connectivity index (χ2n) is 6.91. The first-order valence-electron chi connectivity index (χ1n) is 9.39. The molecule has 0 N–H and O–H groups in total. The highest BCUT2D eigenvalue weighted by atomic mass is 32.2. The van der Waals surface area contributed by atoms with Crippen molar-refractivity contribution in [3.05, 3.63) is 53.4 Å². The zero-order chi connectivity index (χ0) is 18.9. The van der Waals surface area contributed by atoms with Crippen LogP contribution in [0, 0.1) is 6.92 Å². The van der Waals surface area contributed by atoms with Crippen LogP contribution in [0.4, 0.5) is 0 Å². The van der Waals surface area contributed by atoms with E-state index in [1.807, 2.05) is 6.07 Å². The lowest BCUT2D eigenvalue weighted by molar-refractivity contribution is 0.319. The van der Waals surface area contributed by atoms with E-state index >= 15 is 0 Å². The van der Waals surface area contributed by atoms with E-state index < -0.39 is 0 Å². The number of para-hydroxylation sites is 1. The van der Waals surface area contributed by atoms with Crippen molar-refractivity contribution in [2.75, 3.05) is 13.1 Å². The van der Waals surface area contributed by atoms with Crippen molar-refractivity contribution in [1.29, 1.82) is 0 Å². The molecule has 5 rings (SSSR count). The van der Waals surface area contributed by atoms with Gasteiger partial charge in [0.15, 0.2) is 5.82 Å². The molecule has 0 aliphatic carbocycles. The molecule has 0 radical (unpaired) electrons. The summed E-state index contributed by atoms with van der Waals surface area (Å²) in [5.41, 5.74) is 1.08. The molecule has 8 heteroatoms. The third-order valence-corrected chi connectivity index (χ3v) is 6.81. The van der Waals surface area contributed by atoms with Gasteiger partial charge >= 0.3 is 0 Å². The van der Waals surface area contributed by atoms with E-state index in [-0.39, 0.29) is 0 Å². The summed E-state index contributed by atoms with van der Waals surface area (Å²) in [4.78, 5) is 13.6. The van der Waals surface area contributed by atoms with Crippen molar-refractivity contribution in [3.63, 3.8) is 0 Å². The number of fused-ring (bicyclic) bond motifs is 1. The van der Waals surface area contributed by atoms with Gasteiger partial charge in [0, 0.05) is 16.0 Å².